The van der Waals surface area contributed by atoms with Gasteiger partial charge in [0.15, 0.2) is 0 Å². The Morgan fingerprint density at radius 3 is 2.48 bits per heavy atom. The molecule has 0 aromatic heterocycles. The van der Waals surface area contributed by atoms with Crippen LogP contribution >= 0.6 is 0 Å². The maximum Gasteiger partial charge on any atom is 0.121 e. The lowest BCUT2D eigenvalue weighted by Crippen LogP contribution is -2.50. The highest BCUT2D eigenvalue weighted by molar-refractivity contribution is 5.72. The molecule has 25 heavy (non-hydrogen) atoms. The van der Waals surface area contributed by atoms with Gasteiger partial charge in [-0.25, -0.2) is 0 Å². The summed E-state index contributed by atoms with van der Waals surface area (Å²) in [6.45, 7) is 10.2. The molecule has 1 N–H and O–H groups in total. The van der Waals surface area contributed by atoms with Gasteiger partial charge in [0.25, 0.3) is 0 Å². The van der Waals surface area contributed by atoms with Gasteiger partial charge in [0, 0.05) is 52.4 Å². The Bertz CT molecular complexity index is 502. The average Bonchev–Trinajstić information content (AvgIpc) is 2.66. The standard InChI is InChI=1S/C20H35N3O2/c1-5-7-17(6-2)22-10-12-23(13-11-22)20-9-8-18(16-19(20)21-3)25-15-14-24-4/h8-9,16-17,21H,5-7,10-15H2,1-4H3. The summed E-state index contributed by atoms with van der Waals surface area (Å²) < 4.78 is 10.8. The van der Waals surface area contributed by atoms with E-state index in [4.69, 9.17) is 9.47 Å². The molecule has 0 aliphatic carbocycles. The molecule has 1 atom stereocenters. The molecule has 0 radical (unpaired) electrons. The molecule has 0 spiro atoms. The van der Waals surface area contributed by atoms with E-state index in [0.717, 1.165) is 43.7 Å². The van der Waals surface area contributed by atoms with Gasteiger partial charge in [-0.2, -0.15) is 0 Å². The first kappa shape index (κ1) is 19.9. The van der Waals surface area contributed by atoms with Crippen molar-refractivity contribution in [3.8, 4) is 5.75 Å². The van der Waals surface area contributed by atoms with Crippen LogP contribution in [0.2, 0.25) is 0 Å². The van der Waals surface area contributed by atoms with E-state index >= 15 is 0 Å². The molecule has 1 saturated heterocycles. The van der Waals surface area contributed by atoms with E-state index in [1.807, 2.05) is 7.05 Å². The highest BCUT2D eigenvalue weighted by Crippen LogP contribution is 2.31. The third-order valence-corrected chi connectivity index (χ3v) is 5.06. The van der Waals surface area contributed by atoms with Crippen LogP contribution in [0.25, 0.3) is 0 Å². The van der Waals surface area contributed by atoms with Crippen molar-refractivity contribution < 1.29 is 9.47 Å². The number of piperazine rings is 1. The summed E-state index contributed by atoms with van der Waals surface area (Å²) in [6.07, 6.45) is 3.84. The van der Waals surface area contributed by atoms with Crippen LogP contribution in [0.3, 0.4) is 0 Å². The van der Waals surface area contributed by atoms with E-state index < -0.39 is 0 Å². The number of ether oxygens (including phenoxy) is 2. The Labute approximate surface area is 153 Å². The van der Waals surface area contributed by atoms with Crippen LogP contribution in [0.5, 0.6) is 5.75 Å². The molecule has 2 rings (SSSR count). The Balaban J connectivity index is 1.97. The van der Waals surface area contributed by atoms with Crippen molar-refractivity contribution in [3.05, 3.63) is 18.2 Å². The second-order valence-electron chi connectivity index (χ2n) is 6.64. The van der Waals surface area contributed by atoms with Gasteiger partial charge in [-0.3, -0.25) is 4.90 Å². The molecule has 1 unspecified atom stereocenters. The maximum atomic E-state index is 5.73. The highest BCUT2D eigenvalue weighted by Gasteiger charge is 2.23. The minimum Gasteiger partial charge on any atom is -0.491 e. The van der Waals surface area contributed by atoms with Crippen LogP contribution in [0, 0.1) is 0 Å². The van der Waals surface area contributed by atoms with Crippen LogP contribution in [-0.2, 0) is 4.74 Å². The molecular formula is C20H35N3O2. The Kier molecular flexibility index (Phi) is 8.35. The fourth-order valence-corrected chi connectivity index (χ4v) is 3.63. The summed E-state index contributed by atoms with van der Waals surface area (Å²) in [5, 5.41) is 3.32. The smallest absolute Gasteiger partial charge is 0.121 e. The lowest BCUT2D eigenvalue weighted by molar-refractivity contribution is 0.146. The topological polar surface area (TPSA) is 37.0 Å². The summed E-state index contributed by atoms with van der Waals surface area (Å²) >= 11 is 0. The molecular weight excluding hydrogens is 314 g/mol. The quantitative estimate of drug-likeness (QED) is 0.655. The number of methoxy groups -OCH3 is 1. The summed E-state index contributed by atoms with van der Waals surface area (Å²) in [5.74, 6) is 0.887. The third-order valence-electron chi connectivity index (χ3n) is 5.06. The highest BCUT2D eigenvalue weighted by atomic mass is 16.5. The molecule has 1 aromatic carbocycles. The Morgan fingerprint density at radius 1 is 1.12 bits per heavy atom. The Morgan fingerprint density at radius 2 is 1.88 bits per heavy atom. The van der Waals surface area contributed by atoms with Gasteiger partial charge < -0.3 is 19.7 Å². The van der Waals surface area contributed by atoms with Gasteiger partial charge in [-0.05, 0) is 25.0 Å². The van der Waals surface area contributed by atoms with Gasteiger partial charge in [0.1, 0.15) is 12.4 Å². The third kappa shape index (κ3) is 5.51. The zero-order valence-electron chi connectivity index (χ0n) is 16.4. The number of rotatable bonds is 10. The van der Waals surface area contributed by atoms with Gasteiger partial charge >= 0.3 is 0 Å². The van der Waals surface area contributed by atoms with Crippen LogP contribution in [0.4, 0.5) is 11.4 Å². The Hall–Kier alpha value is -1.46. The molecule has 1 fully saturated rings. The lowest BCUT2D eigenvalue weighted by Gasteiger charge is -2.40. The van der Waals surface area contributed by atoms with E-state index in [9.17, 15) is 0 Å². The average molecular weight is 350 g/mol. The van der Waals surface area contributed by atoms with Crippen molar-refractivity contribution in [2.24, 2.45) is 0 Å². The maximum absolute atomic E-state index is 5.73. The van der Waals surface area contributed by atoms with Crippen molar-refractivity contribution >= 4 is 11.4 Å². The van der Waals surface area contributed by atoms with Crippen LogP contribution < -0.4 is 15.0 Å². The largest absolute Gasteiger partial charge is 0.491 e. The molecule has 1 aliphatic rings. The number of anilines is 2. The number of nitrogens with one attached hydrogen (secondary N) is 1. The monoisotopic (exact) mass is 349 g/mol. The molecule has 1 aromatic rings. The fourth-order valence-electron chi connectivity index (χ4n) is 3.63. The van der Waals surface area contributed by atoms with E-state index in [1.54, 1.807) is 7.11 Å². The van der Waals surface area contributed by atoms with Crippen LogP contribution in [-0.4, -0.2) is 64.5 Å². The van der Waals surface area contributed by atoms with Crippen molar-refractivity contribution in [1.82, 2.24) is 4.90 Å². The predicted octanol–water partition coefficient (Wildman–Crippen LogP) is 3.45. The van der Waals surface area contributed by atoms with Crippen molar-refractivity contribution in [1.29, 1.82) is 0 Å². The van der Waals surface area contributed by atoms with E-state index in [-0.39, 0.29) is 0 Å². The summed E-state index contributed by atoms with van der Waals surface area (Å²) in [5.41, 5.74) is 2.40. The number of nitrogens with zero attached hydrogens (tertiary/aromatic N) is 2. The summed E-state index contributed by atoms with van der Waals surface area (Å²) in [6, 6.07) is 7.06. The molecule has 142 valence electrons. The second-order valence-corrected chi connectivity index (χ2v) is 6.64. The lowest BCUT2D eigenvalue weighted by atomic mass is 10.1. The minimum absolute atomic E-state index is 0.577. The van der Waals surface area contributed by atoms with Crippen molar-refractivity contribution in [3.63, 3.8) is 0 Å². The summed E-state index contributed by atoms with van der Waals surface area (Å²) in [4.78, 5) is 5.15. The molecule has 5 heteroatoms. The fraction of sp³-hybridized carbons (Fsp3) is 0.700. The zero-order chi connectivity index (χ0) is 18.1. The van der Waals surface area contributed by atoms with Crippen LogP contribution in [0.1, 0.15) is 33.1 Å². The molecule has 0 bridgehead atoms. The second kappa shape index (κ2) is 10.5. The van der Waals surface area contributed by atoms with E-state index in [0.29, 0.717) is 13.2 Å². The van der Waals surface area contributed by atoms with Crippen LogP contribution in [0.15, 0.2) is 18.2 Å². The van der Waals surface area contributed by atoms with E-state index in [2.05, 4.69) is 47.2 Å². The van der Waals surface area contributed by atoms with E-state index in [1.165, 1.54) is 24.9 Å². The zero-order valence-corrected chi connectivity index (χ0v) is 16.4. The van der Waals surface area contributed by atoms with Gasteiger partial charge in [-0.1, -0.05) is 20.3 Å². The van der Waals surface area contributed by atoms with Gasteiger partial charge in [0.2, 0.25) is 0 Å². The number of hydrogen-bond donors (Lipinski definition) is 1. The molecule has 1 heterocycles. The van der Waals surface area contributed by atoms with Gasteiger partial charge in [0.05, 0.1) is 18.0 Å². The van der Waals surface area contributed by atoms with Crippen molar-refractivity contribution in [2.45, 2.75) is 39.2 Å². The first-order valence-corrected chi connectivity index (χ1v) is 9.66. The minimum atomic E-state index is 0.577. The van der Waals surface area contributed by atoms with Gasteiger partial charge in [-0.15, -0.1) is 0 Å². The number of hydrogen-bond acceptors (Lipinski definition) is 5. The normalized spacial score (nSPS) is 16.7. The first-order valence-electron chi connectivity index (χ1n) is 9.66. The summed E-state index contributed by atoms with van der Waals surface area (Å²) in [7, 11) is 3.66. The first-order chi connectivity index (χ1) is 12.2. The molecule has 5 nitrogen and oxygen atoms in total. The predicted molar refractivity (Wildman–Crippen MR) is 106 cm³/mol. The molecule has 1 aliphatic heterocycles. The SMILES string of the molecule is CCCC(CC)N1CCN(c2ccc(OCCOC)cc2NC)CC1. The number of benzene rings is 1. The van der Waals surface area contributed by atoms with Crippen molar-refractivity contribution in [2.75, 3.05) is 63.8 Å². The molecule has 0 amide bonds. The molecule has 0 saturated carbocycles.